The Kier molecular flexibility index (Phi) is 4.20. The van der Waals surface area contributed by atoms with Crippen molar-refractivity contribution in [3.63, 3.8) is 0 Å². The van der Waals surface area contributed by atoms with Crippen molar-refractivity contribution in [3.8, 4) is 17.2 Å². The van der Waals surface area contributed by atoms with E-state index in [4.69, 9.17) is 11.0 Å². The fraction of sp³-hybridized carbons (Fsp3) is 0.222. The summed E-state index contributed by atoms with van der Waals surface area (Å²) < 4.78 is 40.1. The number of hydrogen-bond acceptors (Lipinski definition) is 5. The second-order valence-corrected chi connectivity index (χ2v) is 8.36. The third-order valence-corrected chi connectivity index (χ3v) is 6.38. The Balaban J connectivity index is 2.16. The molecule has 8 heteroatoms. The molecule has 1 aliphatic rings. The van der Waals surface area contributed by atoms with Crippen LogP contribution in [0.2, 0.25) is 0 Å². The molecule has 0 spiro atoms. The maximum atomic E-state index is 14.6. The second kappa shape index (κ2) is 6.11. The maximum Gasteiger partial charge on any atom is 0.239 e. The van der Waals surface area contributed by atoms with Crippen LogP contribution in [0.3, 0.4) is 0 Å². The van der Waals surface area contributed by atoms with Crippen molar-refractivity contribution in [2.45, 2.75) is 12.5 Å². The molecular weight excluding hydrogens is 355 g/mol. The van der Waals surface area contributed by atoms with E-state index in [1.54, 1.807) is 36.4 Å². The molecule has 1 aliphatic heterocycles. The Morgan fingerprint density at radius 2 is 1.96 bits per heavy atom. The van der Waals surface area contributed by atoms with Crippen LogP contribution < -0.4 is 5.73 Å². The zero-order chi connectivity index (χ0) is 19.1. The molecule has 2 aromatic carbocycles. The summed E-state index contributed by atoms with van der Waals surface area (Å²) in [6, 6.07) is 13.3. The molecule has 0 amide bonds. The Morgan fingerprint density at radius 1 is 1.27 bits per heavy atom. The van der Waals surface area contributed by atoms with E-state index in [-0.39, 0.29) is 11.5 Å². The third kappa shape index (κ3) is 3.02. The molecule has 0 bridgehead atoms. The monoisotopic (exact) mass is 372 g/mol. The average Bonchev–Trinajstić information content (AvgIpc) is 2.59. The van der Waals surface area contributed by atoms with Crippen LogP contribution in [0.1, 0.15) is 18.1 Å². The number of hydrogen-bond donors (Lipinski definition) is 1. The lowest BCUT2D eigenvalue weighted by atomic mass is 9.90. The molecule has 134 valence electrons. The summed E-state index contributed by atoms with van der Waals surface area (Å²) >= 11 is 0. The summed E-state index contributed by atoms with van der Waals surface area (Å²) in [4.78, 5) is 4.24. The third-order valence-electron chi connectivity index (χ3n) is 4.44. The zero-order valence-corrected chi connectivity index (χ0v) is 15.1. The van der Waals surface area contributed by atoms with Gasteiger partial charge >= 0.3 is 0 Å². The molecule has 0 aromatic heterocycles. The lowest BCUT2D eigenvalue weighted by Gasteiger charge is -2.34. The van der Waals surface area contributed by atoms with Crippen LogP contribution >= 0.6 is 0 Å². The lowest BCUT2D eigenvalue weighted by molar-refractivity contribution is 0.458. The number of benzene rings is 2. The van der Waals surface area contributed by atoms with Gasteiger partial charge in [0.15, 0.2) is 0 Å². The first-order chi connectivity index (χ1) is 12.2. The number of nitriles is 1. The Bertz CT molecular complexity index is 1060. The topological polar surface area (TPSA) is 99.5 Å². The molecule has 1 heterocycles. The van der Waals surface area contributed by atoms with Crippen molar-refractivity contribution in [1.82, 2.24) is 4.31 Å². The van der Waals surface area contributed by atoms with E-state index in [2.05, 4.69) is 11.1 Å². The quantitative estimate of drug-likeness (QED) is 0.873. The van der Waals surface area contributed by atoms with E-state index < -0.39 is 27.1 Å². The minimum atomic E-state index is -3.70. The lowest BCUT2D eigenvalue weighted by Crippen LogP contribution is -2.50. The van der Waals surface area contributed by atoms with Crippen molar-refractivity contribution in [2.75, 3.05) is 12.8 Å². The molecule has 1 atom stereocenters. The number of nitrogens with zero attached hydrogens (tertiary/aromatic N) is 3. The summed E-state index contributed by atoms with van der Waals surface area (Å²) in [5.41, 5.74) is 6.39. The Labute approximate surface area is 151 Å². The van der Waals surface area contributed by atoms with E-state index in [0.29, 0.717) is 11.1 Å². The van der Waals surface area contributed by atoms with Crippen molar-refractivity contribution in [3.05, 3.63) is 59.4 Å². The number of aliphatic imine (C=N–C) groups is 1. The predicted molar refractivity (Wildman–Crippen MR) is 97.1 cm³/mol. The summed E-state index contributed by atoms with van der Waals surface area (Å²) in [7, 11) is -2.39. The molecule has 0 unspecified atom stereocenters. The molecule has 0 radical (unpaired) electrons. The van der Waals surface area contributed by atoms with Gasteiger partial charge in [0.2, 0.25) is 16.0 Å². The maximum absolute atomic E-state index is 14.6. The van der Waals surface area contributed by atoms with Gasteiger partial charge in [-0.05, 0) is 42.3 Å². The molecule has 2 aromatic rings. The Hall–Kier alpha value is -2.92. The summed E-state index contributed by atoms with van der Waals surface area (Å²) in [6.07, 6.45) is 0. The SMILES string of the molecule is CN1C(N)=N[C@](C)(c2cc(-c3cccc(C#N)c3)ccc2F)CS1(=O)=O. The van der Waals surface area contributed by atoms with Gasteiger partial charge in [0, 0.05) is 12.6 Å². The molecular formula is C18H17FN4O2S. The van der Waals surface area contributed by atoms with Crippen LogP contribution in [0.5, 0.6) is 0 Å². The van der Waals surface area contributed by atoms with E-state index in [9.17, 15) is 12.8 Å². The predicted octanol–water partition coefficient (Wildman–Crippen LogP) is 2.17. The van der Waals surface area contributed by atoms with Gasteiger partial charge in [-0.1, -0.05) is 18.2 Å². The van der Waals surface area contributed by atoms with Gasteiger partial charge < -0.3 is 5.73 Å². The average molecular weight is 372 g/mol. The first-order valence-electron chi connectivity index (χ1n) is 7.79. The van der Waals surface area contributed by atoms with Gasteiger partial charge in [-0.3, -0.25) is 0 Å². The summed E-state index contributed by atoms with van der Waals surface area (Å²) in [5, 5.41) is 9.05. The van der Waals surface area contributed by atoms with Crippen LogP contribution in [0.15, 0.2) is 47.5 Å². The van der Waals surface area contributed by atoms with E-state index in [0.717, 1.165) is 9.87 Å². The number of halogens is 1. The van der Waals surface area contributed by atoms with Crippen LogP contribution in [0.4, 0.5) is 4.39 Å². The molecule has 26 heavy (non-hydrogen) atoms. The van der Waals surface area contributed by atoms with Gasteiger partial charge in [0.05, 0.1) is 17.4 Å². The van der Waals surface area contributed by atoms with Gasteiger partial charge in [-0.25, -0.2) is 22.1 Å². The van der Waals surface area contributed by atoms with Gasteiger partial charge in [-0.2, -0.15) is 5.26 Å². The van der Waals surface area contributed by atoms with Crippen LogP contribution in [0, 0.1) is 17.1 Å². The molecule has 6 nitrogen and oxygen atoms in total. The van der Waals surface area contributed by atoms with E-state index in [1.807, 2.05) is 0 Å². The normalized spacial score (nSPS) is 21.8. The molecule has 2 N–H and O–H groups in total. The highest BCUT2D eigenvalue weighted by Gasteiger charge is 2.41. The first kappa shape index (κ1) is 17.9. The van der Waals surface area contributed by atoms with Crippen molar-refractivity contribution in [1.29, 1.82) is 5.26 Å². The highest BCUT2D eigenvalue weighted by molar-refractivity contribution is 7.89. The number of rotatable bonds is 2. The number of guanidine groups is 1. The minimum Gasteiger partial charge on any atom is -0.369 e. The largest absolute Gasteiger partial charge is 0.369 e. The Morgan fingerprint density at radius 3 is 2.62 bits per heavy atom. The van der Waals surface area contributed by atoms with Crippen molar-refractivity contribution in [2.24, 2.45) is 10.7 Å². The standard InChI is InChI=1S/C18H17FN4O2S/c1-18(11-26(24,25)23(2)17(21)22-18)15-9-14(6-7-16(15)19)13-5-3-4-12(8-13)10-20/h3-9H,11H2,1-2H3,(H2,21,22)/t18-/m0/s1. The summed E-state index contributed by atoms with van der Waals surface area (Å²) in [5.74, 6) is -1.14. The van der Waals surface area contributed by atoms with Crippen molar-refractivity contribution < 1.29 is 12.8 Å². The fourth-order valence-electron chi connectivity index (χ4n) is 2.97. The van der Waals surface area contributed by atoms with Gasteiger partial charge in [-0.15, -0.1) is 0 Å². The first-order valence-corrected chi connectivity index (χ1v) is 9.40. The molecule has 3 rings (SSSR count). The zero-order valence-electron chi connectivity index (χ0n) is 14.3. The highest BCUT2D eigenvalue weighted by Crippen LogP contribution is 2.35. The second-order valence-electron chi connectivity index (χ2n) is 6.35. The fourth-order valence-corrected chi connectivity index (χ4v) is 4.42. The van der Waals surface area contributed by atoms with Crippen molar-refractivity contribution >= 4 is 16.0 Å². The van der Waals surface area contributed by atoms with Gasteiger partial charge in [0.25, 0.3) is 0 Å². The molecule has 0 fully saturated rings. The summed E-state index contributed by atoms with van der Waals surface area (Å²) in [6.45, 7) is 1.54. The van der Waals surface area contributed by atoms with Crippen LogP contribution in [0.25, 0.3) is 11.1 Å². The highest BCUT2D eigenvalue weighted by atomic mass is 32.2. The molecule has 0 aliphatic carbocycles. The molecule has 0 saturated carbocycles. The van der Waals surface area contributed by atoms with E-state index >= 15 is 0 Å². The van der Waals surface area contributed by atoms with Crippen LogP contribution in [-0.4, -0.2) is 31.5 Å². The van der Waals surface area contributed by atoms with Crippen LogP contribution in [-0.2, 0) is 15.6 Å². The van der Waals surface area contributed by atoms with Gasteiger partial charge in [0.1, 0.15) is 11.4 Å². The number of nitrogens with two attached hydrogens (primary N) is 1. The van der Waals surface area contributed by atoms with E-state index in [1.165, 1.54) is 20.0 Å². The smallest absolute Gasteiger partial charge is 0.239 e. The minimum absolute atomic E-state index is 0.136. The number of sulfonamides is 1. The molecule has 0 saturated heterocycles.